The number of rotatable bonds is 8. The number of aromatic nitrogens is 2. The summed E-state index contributed by atoms with van der Waals surface area (Å²) in [6.45, 7) is 1.24. The predicted molar refractivity (Wildman–Crippen MR) is 146 cm³/mol. The zero-order valence-electron chi connectivity index (χ0n) is 22.9. The van der Waals surface area contributed by atoms with Gasteiger partial charge in [-0.3, -0.25) is 19.8 Å². The monoisotopic (exact) mass is 546 g/mol. The van der Waals surface area contributed by atoms with E-state index in [1.54, 1.807) is 25.1 Å². The zero-order chi connectivity index (χ0) is 28.2. The van der Waals surface area contributed by atoms with Gasteiger partial charge in [0, 0.05) is 45.6 Å². The molecule has 2 aromatic rings. The molecule has 11 nitrogen and oxygen atoms in total. The molecule has 2 aromatic heterocycles. The molecule has 1 N–H and O–H groups in total. The zero-order valence-corrected chi connectivity index (χ0v) is 22.9. The second-order valence-corrected chi connectivity index (χ2v) is 10.7. The van der Waals surface area contributed by atoms with Crippen molar-refractivity contribution >= 4 is 29.9 Å². The number of carbonyl (C=O) groups is 3. The van der Waals surface area contributed by atoms with Crippen LogP contribution in [0, 0.1) is 17.2 Å². The predicted octanol–water partition coefficient (Wildman–Crippen LogP) is 3.25. The number of methoxy groups -OCH3 is 1. The number of hydrogen-bond acceptors (Lipinski definition) is 8. The molecule has 210 valence electrons. The molecule has 11 heteroatoms. The third kappa shape index (κ3) is 5.69. The molecule has 3 atom stereocenters. The molecular formula is C29H34N6O5. The lowest BCUT2D eigenvalue weighted by molar-refractivity contribution is -0.140. The summed E-state index contributed by atoms with van der Waals surface area (Å²) < 4.78 is 11.0. The molecule has 3 aliphatic rings. The Morgan fingerprint density at radius 2 is 2.12 bits per heavy atom. The van der Waals surface area contributed by atoms with Crippen molar-refractivity contribution in [2.24, 2.45) is 5.92 Å². The number of likely N-dealkylation sites (N-methyl/N-ethyl adjacent to an activating group) is 1. The molecule has 1 aliphatic carbocycles. The lowest BCUT2D eigenvalue weighted by atomic mass is 9.77. The lowest BCUT2D eigenvalue weighted by Gasteiger charge is -2.35. The number of urea groups is 1. The van der Waals surface area contributed by atoms with E-state index in [4.69, 9.17) is 9.47 Å². The Morgan fingerprint density at radius 1 is 1.27 bits per heavy atom. The van der Waals surface area contributed by atoms with Crippen molar-refractivity contribution in [3.05, 3.63) is 46.3 Å². The first-order valence-corrected chi connectivity index (χ1v) is 13.8. The number of ether oxygens (including phenoxy) is 2. The summed E-state index contributed by atoms with van der Waals surface area (Å²) in [6, 6.07) is 5.40. The third-order valence-corrected chi connectivity index (χ3v) is 8.10. The first-order valence-electron chi connectivity index (χ1n) is 13.8. The molecule has 2 aliphatic heterocycles. The van der Waals surface area contributed by atoms with Gasteiger partial charge in [0.1, 0.15) is 29.5 Å². The van der Waals surface area contributed by atoms with Crippen LogP contribution in [0.2, 0.25) is 0 Å². The van der Waals surface area contributed by atoms with Crippen molar-refractivity contribution in [2.45, 2.75) is 63.7 Å². The summed E-state index contributed by atoms with van der Waals surface area (Å²) in [6.07, 6.45) is 7.56. The highest BCUT2D eigenvalue weighted by Crippen LogP contribution is 2.34. The average molecular weight is 547 g/mol. The number of hydrogen-bond donors (Lipinski definition) is 1. The summed E-state index contributed by atoms with van der Waals surface area (Å²) in [5, 5.41) is 12.4. The minimum absolute atomic E-state index is 0.114. The van der Waals surface area contributed by atoms with Crippen molar-refractivity contribution in [3.63, 3.8) is 0 Å². The van der Waals surface area contributed by atoms with Gasteiger partial charge in [0.25, 0.3) is 5.91 Å². The van der Waals surface area contributed by atoms with E-state index in [1.165, 1.54) is 11.1 Å². The largest absolute Gasteiger partial charge is 0.381 e. The average Bonchev–Trinajstić information content (AvgIpc) is 3.49. The number of nitriles is 1. The number of anilines is 2. The van der Waals surface area contributed by atoms with Crippen LogP contribution in [0.15, 0.2) is 18.3 Å². The first-order chi connectivity index (χ1) is 19.4. The Balaban J connectivity index is 1.32. The third-order valence-electron chi connectivity index (χ3n) is 8.10. The molecule has 0 radical (unpaired) electrons. The molecule has 40 heavy (non-hydrogen) atoms. The number of carbonyl (C=O) groups excluding carboxylic acids is 3. The Bertz CT molecular complexity index is 1330. The molecule has 5 rings (SSSR count). The van der Waals surface area contributed by atoms with E-state index in [9.17, 15) is 19.6 Å². The SMILES string of the molecule is CO[C@H]1CC[C@H]1Cc1cc(NC(=O)N2CCCc3cc(CN(C)C(=O)[C@H]4CCCO4)c(C=O)nc32)ncc1C#N. The van der Waals surface area contributed by atoms with Gasteiger partial charge in [-0.15, -0.1) is 0 Å². The number of aryl methyl sites for hydroxylation is 1. The summed E-state index contributed by atoms with van der Waals surface area (Å²) in [5.74, 6) is 0.990. The molecule has 4 heterocycles. The first kappa shape index (κ1) is 27.7. The molecule has 0 unspecified atom stereocenters. The minimum Gasteiger partial charge on any atom is -0.381 e. The van der Waals surface area contributed by atoms with Crippen molar-refractivity contribution in [1.29, 1.82) is 5.26 Å². The van der Waals surface area contributed by atoms with Crippen LogP contribution in [-0.2, 0) is 33.7 Å². The van der Waals surface area contributed by atoms with Crippen molar-refractivity contribution in [2.75, 3.05) is 37.5 Å². The van der Waals surface area contributed by atoms with Crippen LogP contribution in [0.5, 0.6) is 0 Å². The number of aldehydes is 1. The summed E-state index contributed by atoms with van der Waals surface area (Å²) in [4.78, 5) is 50.0. The van der Waals surface area contributed by atoms with Crippen molar-refractivity contribution in [1.82, 2.24) is 14.9 Å². The van der Waals surface area contributed by atoms with Gasteiger partial charge in [-0.25, -0.2) is 14.8 Å². The number of fused-ring (bicyclic) bond motifs is 1. The number of nitrogens with zero attached hydrogens (tertiary/aromatic N) is 5. The van der Waals surface area contributed by atoms with E-state index in [2.05, 4.69) is 21.4 Å². The van der Waals surface area contributed by atoms with Crippen LogP contribution >= 0.6 is 0 Å². The van der Waals surface area contributed by atoms with E-state index in [0.29, 0.717) is 67.4 Å². The van der Waals surface area contributed by atoms with Crippen molar-refractivity contribution < 1.29 is 23.9 Å². The standard InChI is InChI=1S/C29H34N6O5/c1-34(28(37)25-6-4-10-40-25)16-21-12-19-5-3-9-35(27(19)32-23(21)17-36)29(38)33-26-13-20(22(14-30)15-31-26)11-18-7-8-24(18)39-2/h12-13,15,17-18,24-25H,3-11,16H2,1-2H3,(H,31,33,38)/t18-,24-,25+/m0/s1. The fourth-order valence-electron chi connectivity index (χ4n) is 5.71. The molecule has 0 aromatic carbocycles. The molecule has 1 saturated carbocycles. The van der Waals surface area contributed by atoms with Gasteiger partial charge in [0.05, 0.1) is 11.7 Å². The Morgan fingerprint density at radius 3 is 2.80 bits per heavy atom. The van der Waals surface area contributed by atoms with E-state index in [0.717, 1.165) is 36.8 Å². The highest BCUT2D eigenvalue weighted by atomic mass is 16.5. The summed E-state index contributed by atoms with van der Waals surface area (Å²) in [7, 11) is 3.39. The van der Waals surface area contributed by atoms with E-state index >= 15 is 0 Å². The van der Waals surface area contributed by atoms with Gasteiger partial charge in [0.15, 0.2) is 6.29 Å². The Hall–Kier alpha value is -3.88. The number of amides is 3. The van der Waals surface area contributed by atoms with Crippen LogP contribution < -0.4 is 10.2 Å². The van der Waals surface area contributed by atoms with Gasteiger partial charge in [-0.1, -0.05) is 0 Å². The second kappa shape index (κ2) is 12.1. The van der Waals surface area contributed by atoms with Crippen LogP contribution in [0.4, 0.5) is 16.4 Å². The molecule has 3 amide bonds. The smallest absolute Gasteiger partial charge is 0.328 e. The van der Waals surface area contributed by atoms with Gasteiger partial charge >= 0.3 is 6.03 Å². The normalized spacial score (nSPS) is 21.6. The highest BCUT2D eigenvalue weighted by molar-refractivity contribution is 6.01. The maximum atomic E-state index is 13.4. The molecule has 0 bridgehead atoms. The van der Waals surface area contributed by atoms with E-state index in [1.807, 2.05) is 6.07 Å². The van der Waals surface area contributed by atoms with Gasteiger partial charge in [-0.2, -0.15) is 5.26 Å². The van der Waals surface area contributed by atoms with Crippen molar-refractivity contribution in [3.8, 4) is 6.07 Å². The summed E-state index contributed by atoms with van der Waals surface area (Å²) in [5.41, 5.74) is 2.97. The fourth-order valence-corrected chi connectivity index (χ4v) is 5.71. The maximum Gasteiger partial charge on any atom is 0.328 e. The number of pyridine rings is 2. The summed E-state index contributed by atoms with van der Waals surface area (Å²) >= 11 is 0. The van der Waals surface area contributed by atoms with Gasteiger partial charge < -0.3 is 14.4 Å². The van der Waals surface area contributed by atoms with Gasteiger partial charge in [-0.05, 0) is 74.1 Å². The Labute approximate surface area is 233 Å². The Kier molecular flexibility index (Phi) is 8.38. The topological polar surface area (TPSA) is 138 Å². The van der Waals surface area contributed by atoms with Crippen LogP contribution in [-0.4, -0.2) is 72.6 Å². The minimum atomic E-state index is -0.444. The quantitative estimate of drug-likeness (QED) is 0.498. The van der Waals surface area contributed by atoms with Crippen LogP contribution in [0.25, 0.3) is 0 Å². The second-order valence-electron chi connectivity index (χ2n) is 10.7. The maximum absolute atomic E-state index is 13.4. The lowest BCUT2D eigenvalue weighted by Crippen LogP contribution is -2.40. The van der Waals surface area contributed by atoms with Crippen LogP contribution in [0.1, 0.15) is 64.8 Å². The van der Waals surface area contributed by atoms with Gasteiger partial charge in [0.2, 0.25) is 0 Å². The molecule has 2 fully saturated rings. The molecule has 1 saturated heterocycles. The van der Waals surface area contributed by atoms with Crippen LogP contribution in [0.3, 0.4) is 0 Å². The molecule has 0 spiro atoms. The number of nitrogens with one attached hydrogen (secondary N) is 1. The van der Waals surface area contributed by atoms with E-state index < -0.39 is 12.1 Å². The highest BCUT2D eigenvalue weighted by Gasteiger charge is 2.32. The molecular weight excluding hydrogens is 512 g/mol. The fraction of sp³-hybridized carbons (Fsp3) is 0.517. The van der Waals surface area contributed by atoms with E-state index in [-0.39, 0.29) is 24.2 Å².